The van der Waals surface area contributed by atoms with Gasteiger partial charge in [0.25, 0.3) is 0 Å². The number of aliphatic imine (C=N–C) groups is 2. The second-order valence-corrected chi connectivity index (χ2v) is 7.55. The highest BCUT2D eigenvalue weighted by Crippen LogP contribution is 2.33. The molecular formula is C19H14BrFN4S. The van der Waals surface area contributed by atoms with Crippen LogP contribution in [0.4, 0.5) is 10.2 Å². The number of rotatable bonds is 2. The number of fused-ring (bicyclic) bond motifs is 1. The number of hydrogen-bond donors (Lipinski definition) is 1. The van der Waals surface area contributed by atoms with Crippen LogP contribution in [0, 0.1) is 5.82 Å². The highest BCUT2D eigenvalue weighted by Gasteiger charge is 2.27. The van der Waals surface area contributed by atoms with Gasteiger partial charge in [0, 0.05) is 39.1 Å². The number of nitrogens with zero attached hydrogens (tertiary/aromatic N) is 3. The largest absolute Gasteiger partial charge is 0.326 e. The van der Waals surface area contributed by atoms with Crippen molar-refractivity contribution >= 4 is 44.6 Å². The molecule has 1 N–H and O–H groups in total. The van der Waals surface area contributed by atoms with E-state index in [4.69, 9.17) is 4.99 Å². The molecule has 1 unspecified atom stereocenters. The van der Waals surface area contributed by atoms with Gasteiger partial charge in [-0.25, -0.2) is 9.37 Å². The average Bonchev–Trinajstić information content (AvgIpc) is 3.01. The minimum absolute atomic E-state index is 0.276. The van der Waals surface area contributed by atoms with E-state index in [1.54, 1.807) is 36.7 Å². The molecule has 0 bridgehead atoms. The summed E-state index contributed by atoms with van der Waals surface area (Å²) in [5.41, 5.74) is 2.45. The smallest absolute Gasteiger partial charge is 0.142 e. The van der Waals surface area contributed by atoms with E-state index in [2.05, 4.69) is 31.2 Å². The van der Waals surface area contributed by atoms with E-state index in [0.717, 1.165) is 32.0 Å². The molecule has 1 atom stereocenters. The third kappa shape index (κ3) is 3.20. The fourth-order valence-electron chi connectivity index (χ4n) is 2.83. The Hall–Kier alpha value is -2.38. The lowest BCUT2D eigenvalue weighted by Crippen LogP contribution is -2.19. The highest BCUT2D eigenvalue weighted by atomic mass is 79.9. The van der Waals surface area contributed by atoms with E-state index < -0.39 is 0 Å². The standard InChI is InChI=1S/C19H14BrFN4S/c1-22-19-17(15-9-12(20)10-26-15)24-16(11-4-6-13(21)7-5-11)14-3-2-8-23-18(14)25-19/h2-10,17H,1H3,(H,22,23,25). The maximum absolute atomic E-state index is 13.4. The van der Waals surface area contributed by atoms with Crippen LogP contribution in [0.5, 0.6) is 0 Å². The molecule has 4 rings (SSSR count). The van der Waals surface area contributed by atoms with Crippen molar-refractivity contribution in [2.75, 3.05) is 12.4 Å². The molecule has 3 aromatic rings. The van der Waals surface area contributed by atoms with Crippen molar-refractivity contribution in [3.8, 4) is 0 Å². The van der Waals surface area contributed by atoms with Crippen LogP contribution in [0.1, 0.15) is 22.0 Å². The SMILES string of the molecule is CN=C1Nc2ncccc2C(c2ccc(F)cc2)=NC1c1cc(Br)cs1. The first-order valence-corrected chi connectivity index (χ1v) is 9.59. The molecule has 3 heterocycles. The summed E-state index contributed by atoms with van der Waals surface area (Å²) in [6, 6.07) is 11.9. The predicted molar refractivity (Wildman–Crippen MR) is 108 cm³/mol. The Morgan fingerprint density at radius 2 is 2.04 bits per heavy atom. The van der Waals surface area contributed by atoms with Crippen molar-refractivity contribution in [3.05, 3.63) is 80.3 Å². The first kappa shape index (κ1) is 17.1. The van der Waals surface area contributed by atoms with Crippen LogP contribution in [0.25, 0.3) is 0 Å². The van der Waals surface area contributed by atoms with Crippen LogP contribution in [0.2, 0.25) is 0 Å². The topological polar surface area (TPSA) is 49.6 Å². The zero-order chi connectivity index (χ0) is 18.1. The summed E-state index contributed by atoms with van der Waals surface area (Å²) in [4.78, 5) is 14.9. The quantitative estimate of drug-likeness (QED) is 0.618. The van der Waals surface area contributed by atoms with Crippen molar-refractivity contribution in [2.45, 2.75) is 6.04 Å². The predicted octanol–water partition coefficient (Wildman–Crippen LogP) is 5.08. The number of benzene rings is 1. The fraction of sp³-hybridized carbons (Fsp3) is 0.105. The summed E-state index contributed by atoms with van der Waals surface area (Å²) >= 11 is 5.11. The molecule has 7 heteroatoms. The normalized spacial score (nSPS) is 18.0. The third-order valence-corrected chi connectivity index (χ3v) is 5.79. The molecule has 4 nitrogen and oxygen atoms in total. The summed E-state index contributed by atoms with van der Waals surface area (Å²) in [6.07, 6.45) is 1.73. The van der Waals surface area contributed by atoms with Crippen LogP contribution in [-0.4, -0.2) is 23.6 Å². The van der Waals surface area contributed by atoms with Crippen LogP contribution in [0.3, 0.4) is 0 Å². The van der Waals surface area contributed by atoms with Gasteiger partial charge in [0.1, 0.15) is 23.5 Å². The van der Waals surface area contributed by atoms with Crippen LogP contribution in [0.15, 0.2) is 68.5 Å². The van der Waals surface area contributed by atoms with Crippen molar-refractivity contribution in [3.63, 3.8) is 0 Å². The molecule has 0 aliphatic carbocycles. The summed E-state index contributed by atoms with van der Waals surface area (Å²) in [7, 11) is 1.74. The Balaban J connectivity index is 1.93. The van der Waals surface area contributed by atoms with Gasteiger partial charge in [-0.05, 0) is 58.4 Å². The van der Waals surface area contributed by atoms with Crippen molar-refractivity contribution in [1.82, 2.24) is 4.98 Å². The summed E-state index contributed by atoms with van der Waals surface area (Å²) in [5.74, 6) is 1.13. The number of halogens is 2. The maximum Gasteiger partial charge on any atom is 0.142 e. The van der Waals surface area contributed by atoms with E-state index in [1.807, 2.05) is 23.6 Å². The molecule has 0 saturated carbocycles. The van der Waals surface area contributed by atoms with Gasteiger partial charge in [-0.2, -0.15) is 0 Å². The van der Waals surface area contributed by atoms with Gasteiger partial charge in [-0.15, -0.1) is 11.3 Å². The average molecular weight is 429 g/mol. The Labute approximate surface area is 162 Å². The number of thiophene rings is 1. The molecule has 0 radical (unpaired) electrons. The summed E-state index contributed by atoms with van der Waals surface area (Å²) < 4.78 is 14.4. The second kappa shape index (κ2) is 7.09. The molecule has 130 valence electrons. The molecule has 26 heavy (non-hydrogen) atoms. The van der Waals surface area contributed by atoms with Gasteiger partial charge < -0.3 is 5.32 Å². The van der Waals surface area contributed by atoms with Gasteiger partial charge >= 0.3 is 0 Å². The van der Waals surface area contributed by atoms with Crippen LogP contribution < -0.4 is 5.32 Å². The monoisotopic (exact) mass is 428 g/mol. The van der Waals surface area contributed by atoms with E-state index in [0.29, 0.717) is 5.82 Å². The zero-order valence-electron chi connectivity index (χ0n) is 13.8. The van der Waals surface area contributed by atoms with E-state index in [1.165, 1.54) is 12.1 Å². The van der Waals surface area contributed by atoms with Crippen molar-refractivity contribution < 1.29 is 4.39 Å². The first-order valence-electron chi connectivity index (χ1n) is 7.92. The Morgan fingerprint density at radius 1 is 1.23 bits per heavy atom. The molecule has 0 saturated heterocycles. The molecule has 1 aliphatic rings. The lowest BCUT2D eigenvalue weighted by molar-refractivity contribution is 0.628. The number of anilines is 1. The second-order valence-electron chi connectivity index (χ2n) is 5.69. The molecule has 0 fully saturated rings. The Bertz CT molecular complexity index is 1010. The molecule has 2 aromatic heterocycles. The first-order chi connectivity index (χ1) is 12.7. The van der Waals surface area contributed by atoms with Crippen LogP contribution >= 0.6 is 27.3 Å². The van der Waals surface area contributed by atoms with Gasteiger partial charge in [0.15, 0.2) is 0 Å². The highest BCUT2D eigenvalue weighted by molar-refractivity contribution is 9.10. The molecule has 0 amide bonds. The van der Waals surface area contributed by atoms with Gasteiger partial charge in [0.2, 0.25) is 0 Å². The minimum Gasteiger partial charge on any atom is -0.326 e. The fourth-order valence-corrected chi connectivity index (χ4v) is 4.31. The van der Waals surface area contributed by atoms with Crippen LogP contribution in [-0.2, 0) is 0 Å². The number of pyridine rings is 1. The third-order valence-electron chi connectivity index (χ3n) is 4.04. The number of aromatic nitrogens is 1. The maximum atomic E-state index is 13.4. The minimum atomic E-state index is -0.287. The lowest BCUT2D eigenvalue weighted by Gasteiger charge is -2.13. The molecule has 1 aliphatic heterocycles. The summed E-state index contributed by atoms with van der Waals surface area (Å²) in [5, 5.41) is 5.34. The molecule has 1 aromatic carbocycles. The van der Waals surface area contributed by atoms with Gasteiger partial charge in [-0.3, -0.25) is 9.98 Å². The molecular weight excluding hydrogens is 415 g/mol. The van der Waals surface area contributed by atoms with Gasteiger partial charge in [0.05, 0.1) is 5.71 Å². The number of nitrogens with one attached hydrogen (secondary N) is 1. The van der Waals surface area contributed by atoms with Gasteiger partial charge in [-0.1, -0.05) is 0 Å². The van der Waals surface area contributed by atoms with Crippen molar-refractivity contribution in [2.24, 2.45) is 9.98 Å². The van der Waals surface area contributed by atoms with Crippen molar-refractivity contribution in [1.29, 1.82) is 0 Å². The Kier molecular flexibility index (Phi) is 4.65. The molecule has 0 spiro atoms. The lowest BCUT2D eigenvalue weighted by atomic mass is 10.0. The van der Waals surface area contributed by atoms with E-state index in [-0.39, 0.29) is 11.9 Å². The summed E-state index contributed by atoms with van der Waals surface area (Å²) in [6.45, 7) is 0. The van der Waals surface area contributed by atoms with E-state index in [9.17, 15) is 4.39 Å². The number of amidine groups is 1. The Morgan fingerprint density at radius 3 is 2.73 bits per heavy atom. The number of hydrogen-bond acceptors (Lipinski definition) is 4. The zero-order valence-corrected chi connectivity index (χ0v) is 16.2. The van der Waals surface area contributed by atoms with E-state index >= 15 is 0 Å².